The number of ether oxygens (including phenoxy) is 2. The lowest BCUT2D eigenvalue weighted by atomic mass is 10.2. The topological polar surface area (TPSA) is 61.6 Å². The largest absolute Gasteiger partial charge is 0.489 e. The van der Waals surface area contributed by atoms with Crippen LogP contribution in [0.3, 0.4) is 0 Å². The molecule has 6 heteroatoms. The zero-order chi connectivity index (χ0) is 20.6. The number of thiophene rings is 1. The van der Waals surface area contributed by atoms with Gasteiger partial charge in [0.25, 0.3) is 0 Å². The molecular weight excluding hydrogens is 398 g/mol. The summed E-state index contributed by atoms with van der Waals surface area (Å²) in [5.41, 5.74) is 2.55. The fraction of sp³-hybridized carbons (Fsp3) is 0.0833. The van der Waals surface area contributed by atoms with E-state index in [9.17, 15) is 4.79 Å². The van der Waals surface area contributed by atoms with Crippen LogP contribution in [0.2, 0.25) is 0 Å². The van der Waals surface area contributed by atoms with Crippen LogP contribution in [0.1, 0.15) is 16.8 Å². The quantitative estimate of drug-likeness (QED) is 0.270. The molecule has 0 unspecified atom stereocenters. The summed E-state index contributed by atoms with van der Waals surface area (Å²) in [6.45, 7) is 0.572. The van der Waals surface area contributed by atoms with Crippen molar-refractivity contribution >= 4 is 23.4 Å². The van der Waals surface area contributed by atoms with E-state index in [-0.39, 0.29) is 6.61 Å². The summed E-state index contributed by atoms with van der Waals surface area (Å²) in [5.74, 6) is 0.993. The highest BCUT2D eigenvalue weighted by atomic mass is 32.1. The summed E-state index contributed by atoms with van der Waals surface area (Å²) >= 11 is 1.56. The van der Waals surface area contributed by atoms with Crippen LogP contribution >= 0.6 is 11.3 Å². The average molecular weight is 417 g/mol. The Hall–Kier alpha value is -3.64. The Bertz CT molecular complexity index is 1100. The van der Waals surface area contributed by atoms with Crippen LogP contribution in [-0.2, 0) is 22.7 Å². The first kappa shape index (κ1) is 19.7. The van der Waals surface area contributed by atoms with Crippen molar-refractivity contribution in [1.82, 2.24) is 5.16 Å². The lowest BCUT2D eigenvalue weighted by Crippen LogP contribution is -2.00. The van der Waals surface area contributed by atoms with Gasteiger partial charge >= 0.3 is 5.97 Å². The normalized spacial score (nSPS) is 10.9. The second-order valence-corrected chi connectivity index (χ2v) is 7.39. The minimum absolute atomic E-state index is 0.0598. The molecule has 0 saturated heterocycles. The molecule has 0 aliphatic heterocycles. The highest BCUT2D eigenvalue weighted by Gasteiger charge is 2.09. The van der Waals surface area contributed by atoms with Crippen molar-refractivity contribution in [2.45, 2.75) is 13.2 Å². The third-order valence-electron chi connectivity index (χ3n) is 4.23. The van der Waals surface area contributed by atoms with E-state index >= 15 is 0 Å². The molecule has 0 N–H and O–H groups in total. The summed E-state index contributed by atoms with van der Waals surface area (Å²) < 4.78 is 16.2. The van der Waals surface area contributed by atoms with Crippen LogP contribution in [0.15, 0.2) is 88.8 Å². The third-order valence-corrected chi connectivity index (χ3v) is 5.11. The Kier molecular flexibility index (Phi) is 6.37. The van der Waals surface area contributed by atoms with Crippen molar-refractivity contribution in [1.29, 1.82) is 0 Å². The molecular formula is C24H19NO4S. The van der Waals surface area contributed by atoms with Gasteiger partial charge in [-0.25, -0.2) is 4.79 Å². The van der Waals surface area contributed by atoms with Crippen LogP contribution in [-0.4, -0.2) is 11.1 Å². The van der Waals surface area contributed by atoms with Gasteiger partial charge in [-0.15, -0.1) is 11.3 Å². The number of aromatic nitrogens is 1. The van der Waals surface area contributed by atoms with Gasteiger partial charge in [-0.1, -0.05) is 53.7 Å². The second kappa shape index (κ2) is 9.71. The summed E-state index contributed by atoms with van der Waals surface area (Å²) in [4.78, 5) is 12.9. The number of carbonyl (C=O) groups excluding carboxylic acids is 1. The van der Waals surface area contributed by atoms with E-state index in [4.69, 9.17) is 14.0 Å². The standard InChI is InChI=1S/C24H19NO4S/c26-24(28-17-20-15-22(29-25-20)23-7-4-14-30-23)13-10-18-8-11-21(12-9-18)27-16-19-5-2-1-3-6-19/h1-15H,16-17H2/b13-10+. The van der Waals surface area contributed by atoms with Gasteiger partial charge in [0.15, 0.2) is 5.76 Å². The zero-order valence-corrected chi connectivity index (χ0v) is 16.9. The van der Waals surface area contributed by atoms with Gasteiger partial charge in [-0.2, -0.15) is 0 Å². The number of benzene rings is 2. The molecule has 150 valence electrons. The Balaban J connectivity index is 1.24. The number of nitrogens with zero attached hydrogens (tertiary/aromatic N) is 1. The summed E-state index contributed by atoms with van der Waals surface area (Å²) in [6.07, 6.45) is 3.09. The maximum Gasteiger partial charge on any atom is 0.331 e. The minimum Gasteiger partial charge on any atom is -0.489 e. The Morgan fingerprint density at radius 1 is 1.00 bits per heavy atom. The maximum absolute atomic E-state index is 12.0. The number of hydrogen-bond donors (Lipinski definition) is 0. The molecule has 4 rings (SSSR count). The van der Waals surface area contributed by atoms with E-state index in [0.717, 1.165) is 21.8 Å². The first-order chi connectivity index (χ1) is 14.8. The first-order valence-corrected chi connectivity index (χ1v) is 10.3. The fourth-order valence-electron chi connectivity index (χ4n) is 2.69. The first-order valence-electron chi connectivity index (χ1n) is 9.37. The minimum atomic E-state index is -0.444. The van der Waals surface area contributed by atoms with Crippen LogP contribution in [0.25, 0.3) is 16.7 Å². The summed E-state index contributed by atoms with van der Waals surface area (Å²) in [6, 6.07) is 23.1. The third kappa shape index (κ3) is 5.46. The van der Waals surface area contributed by atoms with Gasteiger partial charge in [-0.3, -0.25) is 0 Å². The average Bonchev–Trinajstić information content (AvgIpc) is 3.48. The monoisotopic (exact) mass is 417 g/mol. The van der Waals surface area contributed by atoms with Gasteiger partial charge < -0.3 is 14.0 Å². The molecule has 0 saturated carbocycles. The van der Waals surface area contributed by atoms with Crippen LogP contribution in [0, 0.1) is 0 Å². The maximum atomic E-state index is 12.0. The molecule has 0 bridgehead atoms. The predicted molar refractivity (Wildman–Crippen MR) is 116 cm³/mol. The van der Waals surface area contributed by atoms with Crippen LogP contribution in [0.4, 0.5) is 0 Å². The number of esters is 1. The van der Waals surface area contributed by atoms with Crippen molar-refractivity contribution in [3.63, 3.8) is 0 Å². The predicted octanol–water partition coefficient (Wildman–Crippen LogP) is 5.74. The summed E-state index contributed by atoms with van der Waals surface area (Å²) in [7, 11) is 0. The molecule has 0 aliphatic carbocycles. The molecule has 2 aromatic heterocycles. The van der Waals surface area contributed by atoms with Crippen LogP contribution in [0.5, 0.6) is 5.75 Å². The second-order valence-electron chi connectivity index (χ2n) is 6.44. The molecule has 0 atom stereocenters. The fourth-order valence-corrected chi connectivity index (χ4v) is 3.36. The Morgan fingerprint density at radius 3 is 2.60 bits per heavy atom. The van der Waals surface area contributed by atoms with Gasteiger partial charge in [-0.05, 0) is 40.8 Å². The zero-order valence-electron chi connectivity index (χ0n) is 16.1. The number of carbonyl (C=O) groups is 1. The highest BCUT2D eigenvalue weighted by molar-refractivity contribution is 7.13. The van der Waals surface area contributed by atoms with E-state index in [2.05, 4.69) is 5.16 Å². The number of hydrogen-bond acceptors (Lipinski definition) is 6. The van der Waals surface area contributed by atoms with Crippen molar-refractivity contribution in [2.75, 3.05) is 0 Å². The van der Waals surface area contributed by atoms with Crippen molar-refractivity contribution < 1.29 is 18.8 Å². The van der Waals surface area contributed by atoms with Crippen molar-refractivity contribution in [2.24, 2.45) is 0 Å². The lowest BCUT2D eigenvalue weighted by Gasteiger charge is -2.06. The highest BCUT2D eigenvalue weighted by Crippen LogP contribution is 2.25. The molecule has 0 aliphatic rings. The molecule has 5 nitrogen and oxygen atoms in total. The van der Waals surface area contributed by atoms with Gasteiger partial charge in [0.2, 0.25) is 0 Å². The smallest absolute Gasteiger partial charge is 0.331 e. The van der Waals surface area contributed by atoms with Crippen LogP contribution < -0.4 is 4.74 Å². The van der Waals surface area contributed by atoms with Gasteiger partial charge in [0.1, 0.15) is 24.7 Å². The molecule has 0 fully saturated rings. The molecule has 0 spiro atoms. The van der Waals surface area contributed by atoms with E-state index in [1.54, 1.807) is 23.5 Å². The van der Waals surface area contributed by atoms with E-state index in [1.165, 1.54) is 6.08 Å². The Morgan fingerprint density at radius 2 is 1.83 bits per heavy atom. The van der Waals surface area contributed by atoms with E-state index < -0.39 is 5.97 Å². The molecule has 2 heterocycles. The molecule has 30 heavy (non-hydrogen) atoms. The molecule has 4 aromatic rings. The molecule has 0 radical (unpaired) electrons. The van der Waals surface area contributed by atoms with Crippen molar-refractivity contribution in [3.05, 3.63) is 101 Å². The van der Waals surface area contributed by atoms with E-state index in [1.807, 2.05) is 72.1 Å². The molecule has 0 amide bonds. The van der Waals surface area contributed by atoms with E-state index in [0.29, 0.717) is 18.1 Å². The SMILES string of the molecule is O=C(/C=C/c1ccc(OCc2ccccc2)cc1)OCc1cc(-c2cccs2)on1. The Labute approximate surface area is 178 Å². The summed E-state index contributed by atoms with van der Waals surface area (Å²) in [5, 5.41) is 5.89. The molecule has 2 aromatic carbocycles. The van der Waals surface area contributed by atoms with Crippen molar-refractivity contribution in [3.8, 4) is 16.4 Å². The number of rotatable bonds is 8. The van der Waals surface area contributed by atoms with Gasteiger partial charge in [0.05, 0.1) is 4.88 Å². The van der Waals surface area contributed by atoms with Gasteiger partial charge in [0, 0.05) is 12.1 Å². The lowest BCUT2D eigenvalue weighted by molar-refractivity contribution is -0.139.